The highest BCUT2D eigenvalue weighted by Crippen LogP contribution is 2.33. The van der Waals surface area contributed by atoms with Gasteiger partial charge in [0, 0.05) is 45.5 Å². The number of aromatic nitrogens is 2. The van der Waals surface area contributed by atoms with Gasteiger partial charge >= 0.3 is 0 Å². The first-order chi connectivity index (χ1) is 12.4. The molecule has 1 aliphatic heterocycles. The summed E-state index contributed by atoms with van der Waals surface area (Å²) >= 11 is 0. The Bertz CT molecular complexity index is 666. The second-order valence-corrected chi connectivity index (χ2v) is 7.57. The van der Waals surface area contributed by atoms with Crippen molar-refractivity contribution in [3.8, 4) is 0 Å². The van der Waals surface area contributed by atoms with Crippen LogP contribution in [0.2, 0.25) is 0 Å². The van der Waals surface area contributed by atoms with Crippen LogP contribution < -0.4 is 10.2 Å². The number of hydrogen-bond acceptors (Lipinski definition) is 4. The van der Waals surface area contributed by atoms with Crippen molar-refractivity contribution in [2.45, 2.75) is 31.2 Å². The zero-order chi connectivity index (χ0) is 18.7. The molecule has 1 saturated carbocycles. The first-order valence-corrected chi connectivity index (χ1v) is 9.37. The fourth-order valence-electron chi connectivity index (χ4n) is 4.07. The number of carbonyl (C=O) groups is 1. The van der Waals surface area contributed by atoms with Gasteiger partial charge in [0.2, 0.25) is 5.91 Å². The maximum Gasteiger partial charge on any atom is 0.246 e. The highest BCUT2D eigenvalue weighted by molar-refractivity contribution is 14.0. The smallest absolute Gasteiger partial charge is 0.246 e. The summed E-state index contributed by atoms with van der Waals surface area (Å²) in [7, 11) is 7.97. The van der Waals surface area contributed by atoms with Crippen LogP contribution in [0.5, 0.6) is 0 Å². The zero-order valence-electron chi connectivity index (χ0n) is 16.8. The molecule has 1 aliphatic carbocycles. The normalized spacial score (nSPS) is 20.2. The van der Waals surface area contributed by atoms with Gasteiger partial charge in [-0.3, -0.25) is 14.5 Å². The first kappa shape index (κ1) is 21.9. The molecule has 1 amide bonds. The average Bonchev–Trinajstić information content (AvgIpc) is 3.25. The minimum absolute atomic E-state index is 0. The summed E-state index contributed by atoms with van der Waals surface area (Å²) in [6.45, 7) is 2.60. The molecule has 152 valence electrons. The van der Waals surface area contributed by atoms with Gasteiger partial charge in [0.1, 0.15) is 6.54 Å². The number of halogens is 1. The predicted octanol–water partition coefficient (Wildman–Crippen LogP) is 1.14. The van der Waals surface area contributed by atoms with Crippen LogP contribution in [0.25, 0.3) is 0 Å². The predicted molar refractivity (Wildman–Crippen MR) is 119 cm³/mol. The van der Waals surface area contributed by atoms with Crippen LogP contribution >= 0.6 is 24.0 Å². The van der Waals surface area contributed by atoms with Crippen molar-refractivity contribution in [1.82, 2.24) is 24.9 Å². The largest absolute Gasteiger partial charge is 0.354 e. The zero-order valence-corrected chi connectivity index (χ0v) is 19.1. The van der Waals surface area contributed by atoms with Gasteiger partial charge in [-0.1, -0.05) is 12.8 Å². The molecule has 0 atom stereocenters. The molecule has 9 heteroatoms. The molecule has 0 spiro atoms. The third-order valence-corrected chi connectivity index (χ3v) is 5.79. The molecule has 0 bridgehead atoms. The Balaban J connectivity index is 0.00000261. The van der Waals surface area contributed by atoms with Crippen LogP contribution in [0.15, 0.2) is 17.4 Å². The molecule has 1 saturated heterocycles. The third-order valence-electron chi connectivity index (χ3n) is 5.79. The molecule has 2 heterocycles. The monoisotopic (exact) mass is 489 g/mol. The molecule has 8 nitrogen and oxygen atoms in total. The number of rotatable bonds is 4. The molecule has 0 aromatic carbocycles. The maximum absolute atomic E-state index is 12.6. The molecule has 1 aromatic heterocycles. The fourth-order valence-corrected chi connectivity index (χ4v) is 4.07. The number of nitrogens with zero attached hydrogens (tertiary/aromatic N) is 6. The van der Waals surface area contributed by atoms with Gasteiger partial charge in [-0.05, 0) is 26.9 Å². The SMILES string of the molecule is CN=C(NCC1(N(C)C)CCCC1)N1CCN(c2cnn(C)c2)C(=O)C1.I. The van der Waals surface area contributed by atoms with Crippen LogP contribution in [0, 0.1) is 0 Å². The highest BCUT2D eigenvalue weighted by Gasteiger charge is 2.36. The Morgan fingerprint density at radius 1 is 1.33 bits per heavy atom. The first-order valence-electron chi connectivity index (χ1n) is 9.37. The Kier molecular flexibility index (Phi) is 7.49. The van der Waals surface area contributed by atoms with E-state index in [-0.39, 0.29) is 35.4 Å². The van der Waals surface area contributed by atoms with E-state index in [1.165, 1.54) is 25.7 Å². The number of aliphatic imine (C=N–C) groups is 1. The summed E-state index contributed by atoms with van der Waals surface area (Å²) < 4.78 is 1.72. The third kappa shape index (κ3) is 4.74. The molecular formula is C18H32IN7O. The molecule has 1 N–H and O–H groups in total. The van der Waals surface area contributed by atoms with Crippen LogP contribution in [0.3, 0.4) is 0 Å². The number of amides is 1. The number of anilines is 1. The van der Waals surface area contributed by atoms with E-state index in [4.69, 9.17) is 0 Å². The number of guanidine groups is 1. The lowest BCUT2D eigenvalue weighted by atomic mass is 9.96. The Morgan fingerprint density at radius 2 is 2.04 bits per heavy atom. The van der Waals surface area contributed by atoms with Crippen LogP contribution in [-0.2, 0) is 11.8 Å². The number of nitrogens with one attached hydrogen (secondary N) is 1. The average molecular weight is 489 g/mol. The van der Waals surface area contributed by atoms with Crippen molar-refractivity contribution in [2.75, 3.05) is 52.2 Å². The fraction of sp³-hybridized carbons (Fsp3) is 0.722. The number of aryl methyl sites for hydroxylation is 1. The minimum atomic E-state index is 0. The molecule has 1 aromatic rings. The number of carbonyl (C=O) groups excluding carboxylic acids is 1. The van der Waals surface area contributed by atoms with E-state index in [0.29, 0.717) is 13.1 Å². The van der Waals surface area contributed by atoms with Gasteiger partial charge in [0.05, 0.1) is 11.9 Å². The molecule has 0 unspecified atom stereocenters. The van der Waals surface area contributed by atoms with E-state index < -0.39 is 0 Å². The summed E-state index contributed by atoms with van der Waals surface area (Å²) in [5.74, 6) is 0.896. The van der Waals surface area contributed by atoms with Gasteiger partial charge in [-0.25, -0.2) is 0 Å². The molecule has 2 fully saturated rings. The molecule has 27 heavy (non-hydrogen) atoms. The summed E-state index contributed by atoms with van der Waals surface area (Å²) in [5.41, 5.74) is 1.05. The van der Waals surface area contributed by atoms with Crippen molar-refractivity contribution in [3.05, 3.63) is 12.4 Å². The highest BCUT2D eigenvalue weighted by atomic mass is 127. The number of hydrogen-bond donors (Lipinski definition) is 1. The summed E-state index contributed by atoms with van der Waals surface area (Å²) in [5, 5.41) is 7.69. The molecular weight excluding hydrogens is 457 g/mol. The number of piperazine rings is 1. The van der Waals surface area contributed by atoms with Gasteiger partial charge in [-0.15, -0.1) is 24.0 Å². The van der Waals surface area contributed by atoms with E-state index >= 15 is 0 Å². The lowest BCUT2D eigenvalue weighted by molar-refractivity contribution is -0.120. The second-order valence-electron chi connectivity index (χ2n) is 7.57. The van der Waals surface area contributed by atoms with E-state index in [1.54, 1.807) is 22.8 Å². The van der Waals surface area contributed by atoms with Crippen molar-refractivity contribution < 1.29 is 4.79 Å². The summed E-state index contributed by atoms with van der Waals surface area (Å²) in [6.07, 6.45) is 8.58. The molecule has 0 radical (unpaired) electrons. The minimum Gasteiger partial charge on any atom is -0.354 e. The van der Waals surface area contributed by atoms with Crippen LogP contribution in [0.4, 0.5) is 5.69 Å². The Labute approximate surface area is 179 Å². The Morgan fingerprint density at radius 3 is 2.56 bits per heavy atom. The Hall–Kier alpha value is -1.36. The van der Waals surface area contributed by atoms with Gasteiger partial charge in [0.25, 0.3) is 0 Å². The molecule has 3 rings (SSSR count). The van der Waals surface area contributed by atoms with Gasteiger partial charge < -0.3 is 20.0 Å². The summed E-state index contributed by atoms with van der Waals surface area (Å²) in [6, 6.07) is 0. The van der Waals surface area contributed by atoms with E-state index in [2.05, 4.69) is 34.4 Å². The topological polar surface area (TPSA) is 69.0 Å². The van der Waals surface area contributed by atoms with E-state index in [0.717, 1.165) is 24.7 Å². The molecule has 2 aliphatic rings. The lowest BCUT2D eigenvalue weighted by Gasteiger charge is -2.39. The van der Waals surface area contributed by atoms with Crippen molar-refractivity contribution in [2.24, 2.45) is 12.0 Å². The van der Waals surface area contributed by atoms with Crippen molar-refractivity contribution >= 4 is 41.5 Å². The van der Waals surface area contributed by atoms with Crippen LogP contribution in [-0.4, -0.2) is 84.3 Å². The lowest BCUT2D eigenvalue weighted by Crippen LogP contribution is -2.58. The number of likely N-dealkylation sites (N-methyl/N-ethyl adjacent to an activating group) is 1. The summed E-state index contributed by atoms with van der Waals surface area (Å²) in [4.78, 5) is 23.2. The van der Waals surface area contributed by atoms with Crippen molar-refractivity contribution in [3.63, 3.8) is 0 Å². The van der Waals surface area contributed by atoms with Crippen molar-refractivity contribution in [1.29, 1.82) is 0 Å². The van der Waals surface area contributed by atoms with Gasteiger partial charge in [0.15, 0.2) is 5.96 Å². The van der Waals surface area contributed by atoms with E-state index in [9.17, 15) is 4.79 Å². The second kappa shape index (κ2) is 9.22. The quantitative estimate of drug-likeness (QED) is 0.391. The van der Waals surface area contributed by atoms with E-state index in [1.807, 2.05) is 18.1 Å². The maximum atomic E-state index is 12.6. The standard InChI is InChI=1S/C18H31N7O.HI/c1-19-17(20-14-18(22(2)3)7-5-6-8-18)24-9-10-25(16(26)13-24)15-11-21-23(4)12-15;/h11-12H,5-10,13-14H2,1-4H3,(H,19,20);1H. The van der Waals surface area contributed by atoms with Crippen LogP contribution in [0.1, 0.15) is 25.7 Å². The van der Waals surface area contributed by atoms with Gasteiger partial charge in [-0.2, -0.15) is 5.10 Å².